The van der Waals surface area contributed by atoms with E-state index in [0.717, 1.165) is 25.8 Å². The Bertz CT molecular complexity index is 261. The minimum absolute atomic E-state index is 0.642. The molecule has 0 unspecified atom stereocenters. The van der Waals surface area contributed by atoms with Crippen molar-refractivity contribution in [2.75, 3.05) is 13.1 Å². The summed E-state index contributed by atoms with van der Waals surface area (Å²) in [6.45, 7) is 3.58. The quantitative estimate of drug-likeness (QED) is 0.500. The third-order valence-corrected chi connectivity index (χ3v) is 1.30. The van der Waals surface area contributed by atoms with Crippen LogP contribution in [-0.4, -0.2) is 13.1 Å². The Labute approximate surface area is 81.3 Å². The van der Waals surface area contributed by atoms with E-state index in [1.807, 2.05) is 6.92 Å². The average Bonchev–Trinajstić information content (AvgIpc) is 2.16. The van der Waals surface area contributed by atoms with Gasteiger partial charge in [0.25, 0.3) is 0 Å². The summed E-state index contributed by atoms with van der Waals surface area (Å²) in [5.41, 5.74) is 0. The summed E-state index contributed by atoms with van der Waals surface area (Å²) in [4.78, 5) is 0. The Morgan fingerprint density at radius 2 is 2.00 bits per heavy atom. The standard InChI is InChI=1S/C12H15N/c1-3-5-6-7-8-9-10-12-13-11-4-2/h2,13H,3,9-12H2,1H3. The number of rotatable bonds is 4. The highest BCUT2D eigenvalue weighted by Gasteiger charge is 1.81. The largest absolute Gasteiger partial charge is 0.306 e. The molecule has 0 aromatic rings. The van der Waals surface area contributed by atoms with Crippen LogP contribution in [0.2, 0.25) is 0 Å². The molecule has 1 N–H and O–H groups in total. The Morgan fingerprint density at radius 3 is 2.69 bits per heavy atom. The van der Waals surface area contributed by atoms with Crippen molar-refractivity contribution in [2.24, 2.45) is 0 Å². The summed E-state index contributed by atoms with van der Waals surface area (Å²) >= 11 is 0. The lowest BCUT2D eigenvalue weighted by Gasteiger charge is -1.94. The van der Waals surface area contributed by atoms with E-state index in [-0.39, 0.29) is 0 Å². The minimum atomic E-state index is 0.642. The number of nitrogens with one attached hydrogen (secondary N) is 1. The molecule has 0 saturated carbocycles. The van der Waals surface area contributed by atoms with Crippen molar-refractivity contribution < 1.29 is 0 Å². The van der Waals surface area contributed by atoms with Crippen LogP contribution in [0, 0.1) is 36.0 Å². The summed E-state index contributed by atoms with van der Waals surface area (Å²) in [5.74, 6) is 14.0. The summed E-state index contributed by atoms with van der Waals surface area (Å²) in [7, 11) is 0. The number of hydrogen-bond acceptors (Lipinski definition) is 1. The van der Waals surface area contributed by atoms with Crippen molar-refractivity contribution in [3.63, 3.8) is 0 Å². The Morgan fingerprint density at radius 1 is 1.23 bits per heavy atom. The van der Waals surface area contributed by atoms with Gasteiger partial charge in [0.1, 0.15) is 0 Å². The van der Waals surface area contributed by atoms with E-state index in [1.54, 1.807) is 0 Å². The molecule has 0 bridgehead atoms. The van der Waals surface area contributed by atoms with Gasteiger partial charge in [0.2, 0.25) is 0 Å². The number of hydrogen-bond donors (Lipinski definition) is 1. The van der Waals surface area contributed by atoms with Gasteiger partial charge in [-0.05, 0) is 24.8 Å². The van der Waals surface area contributed by atoms with Crippen LogP contribution in [0.15, 0.2) is 0 Å². The zero-order valence-electron chi connectivity index (χ0n) is 8.11. The van der Waals surface area contributed by atoms with Crippen molar-refractivity contribution in [3.8, 4) is 36.0 Å². The highest BCUT2D eigenvalue weighted by Crippen LogP contribution is 1.82. The number of terminal acetylenes is 1. The van der Waals surface area contributed by atoms with Crippen LogP contribution < -0.4 is 5.32 Å². The van der Waals surface area contributed by atoms with Gasteiger partial charge in [0.15, 0.2) is 0 Å². The molecule has 1 heteroatoms. The van der Waals surface area contributed by atoms with Gasteiger partial charge in [-0.15, -0.1) is 6.42 Å². The second-order valence-corrected chi connectivity index (χ2v) is 2.44. The second kappa shape index (κ2) is 10.6. The molecule has 0 aliphatic carbocycles. The summed E-state index contributed by atoms with van der Waals surface area (Å²) in [6, 6.07) is 0. The molecule has 0 amide bonds. The third-order valence-electron chi connectivity index (χ3n) is 1.30. The Balaban J connectivity index is 3.24. The molecule has 13 heavy (non-hydrogen) atoms. The van der Waals surface area contributed by atoms with E-state index in [9.17, 15) is 0 Å². The molecule has 0 heterocycles. The SMILES string of the molecule is C#CCNCCCC#CC#CCC. The summed E-state index contributed by atoms with van der Waals surface area (Å²) < 4.78 is 0. The van der Waals surface area contributed by atoms with Crippen LogP contribution in [-0.2, 0) is 0 Å². The predicted octanol–water partition coefficient (Wildman–Crippen LogP) is 1.41. The fourth-order valence-corrected chi connectivity index (χ4v) is 0.702. The first-order valence-corrected chi connectivity index (χ1v) is 4.51. The van der Waals surface area contributed by atoms with Crippen molar-refractivity contribution in [1.29, 1.82) is 0 Å². The van der Waals surface area contributed by atoms with Crippen LogP contribution in [0.3, 0.4) is 0 Å². The Kier molecular flexibility index (Phi) is 9.53. The molecular weight excluding hydrogens is 158 g/mol. The lowest BCUT2D eigenvalue weighted by molar-refractivity contribution is 0.713. The van der Waals surface area contributed by atoms with Crippen molar-refractivity contribution in [2.45, 2.75) is 26.2 Å². The molecule has 0 radical (unpaired) electrons. The minimum Gasteiger partial charge on any atom is -0.306 e. The lowest BCUT2D eigenvalue weighted by atomic mass is 10.3. The first-order valence-electron chi connectivity index (χ1n) is 4.51. The maximum Gasteiger partial charge on any atom is 0.0573 e. The molecule has 0 aromatic carbocycles. The normalized spacial score (nSPS) is 7.38. The van der Waals surface area contributed by atoms with Gasteiger partial charge in [-0.2, -0.15) is 0 Å². The van der Waals surface area contributed by atoms with E-state index >= 15 is 0 Å². The molecule has 0 aromatic heterocycles. The van der Waals surface area contributed by atoms with Crippen LogP contribution in [0.4, 0.5) is 0 Å². The van der Waals surface area contributed by atoms with Crippen LogP contribution in [0.25, 0.3) is 0 Å². The van der Waals surface area contributed by atoms with Gasteiger partial charge in [0, 0.05) is 12.8 Å². The smallest absolute Gasteiger partial charge is 0.0573 e. The zero-order chi connectivity index (χ0) is 9.78. The highest BCUT2D eigenvalue weighted by atomic mass is 14.8. The van der Waals surface area contributed by atoms with E-state index < -0.39 is 0 Å². The van der Waals surface area contributed by atoms with Crippen LogP contribution in [0.5, 0.6) is 0 Å². The first kappa shape index (κ1) is 11.6. The maximum atomic E-state index is 5.07. The summed E-state index contributed by atoms with van der Waals surface area (Å²) in [6.07, 6.45) is 7.85. The third kappa shape index (κ3) is 10.6. The van der Waals surface area contributed by atoms with Crippen LogP contribution >= 0.6 is 0 Å². The molecule has 0 aliphatic rings. The van der Waals surface area contributed by atoms with Crippen LogP contribution in [0.1, 0.15) is 26.2 Å². The van der Waals surface area contributed by atoms with Gasteiger partial charge in [-0.1, -0.05) is 24.7 Å². The van der Waals surface area contributed by atoms with E-state index in [2.05, 4.69) is 34.9 Å². The molecule has 0 rings (SSSR count). The molecule has 68 valence electrons. The molecule has 0 fully saturated rings. The second-order valence-electron chi connectivity index (χ2n) is 2.44. The maximum absolute atomic E-state index is 5.07. The Hall–Kier alpha value is -1.36. The van der Waals surface area contributed by atoms with E-state index in [4.69, 9.17) is 6.42 Å². The van der Waals surface area contributed by atoms with Gasteiger partial charge < -0.3 is 5.32 Å². The van der Waals surface area contributed by atoms with Crippen molar-refractivity contribution in [3.05, 3.63) is 0 Å². The lowest BCUT2D eigenvalue weighted by Crippen LogP contribution is -2.14. The topological polar surface area (TPSA) is 12.0 Å². The molecule has 0 saturated heterocycles. The van der Waals surface area contributed by atoms with Gasteiger partial charge in [-0.25, -0.2) is 0 Å². The zero-order valence-corrected chi connectivity index (χ0v) is 8.11. The highest BCUT2D eigenvalue weighted by molar-refractivity contribution is 5.25. The van der Waals surface area contributed by atoms with Gasteiger partial charge in [-0.3, -0.25) is 0 Å². The van der Waals surface area contributed by atoms with E-state index in [0.29, 0.717) is 6.54 Å². The molecule has 1 nitrogen and oxygen atoms in total. The van der Waals surface area contributed by atoms with Gasteiger partial charge in [0.05, 0.1) is 6.54 Å². The molecule has 0 spiro atoms. The fraction of sp³-hybridized carbons (Fsp3) is 0.500. The summed E-state index contributed by atoms with van der Waals surface area (Å²) in [5, 5.41) is 3.10. The van der Waals surface area contributed by atoms with E-state index in [1.165, 1.54) is 0 Å². The van der Waals surface area contributed by atoms with Crippen molar-refractivity contribution >= 4 is 0 Å². The van der Waals surface area contributed by atoms with Crippen molar-refractivity contribution in [1.82, 2.24) is 5.32 Å². The first-order chi connectivity index (χ1) is 6.41. The fourth-order valence-electron chi connectivity index (χ4n) is 0.702. The molecular formula is C12H15N. The molecule has 0 atom stereocenters. The monoisotopic (exact) mass is 173 g/mol. The average molecular weight is 173 g/mol. The van der Waals surface area contributed by atoms with Gasteiger partial charge >= 0.3 is 0 Å². The predicted molar refractivity (Wildman–Crippen MR) is 56.8 cm³/mol. The number of unbranched alkanes of at least 4 members (excludes halogenated alkanes) is 1. The molecule has 0 aliphatic heterocycles.